The van der Waals surface area contributed by atoms with Crippen molar-refractivity contribution in [2.45, 2.75) is 12.8 Å². The molecule has 0 bridgehead atoms. The molecule has 0 saturated carbocycles. The number of ether oxygens (including phenoxy) is 2. The molecule has 0 aliphatic heterocycles. The summed E-state index contributed by atoms with van der Waals surface area (Å²) in [5.41, 5.74) is 2.74. The van der Waals surface area contributed by atoms with Gasteiger partial charge in [0.2, 0.25) is 0 Å². The Hall–Kier alpha value is -3.75. The molecule has 3 N–H and O–H groups in total. The van der Waals surface area contributed by atoms with E-state index in [1.807, 2.05) is 36.4 Å². The number of nitrogens with one attached hydrogen (secondary N) is 3. The van der Waals surface area contributed by atoms with E-state index in [0.717, 1.165) is 18.4 Å². The minimum absolute atomic E-state index is 0.144. The standard InChI is InChI=1S/C27H29N3O4S/c1-33-18-7-17-28-25(31)21-12-14-22(15-13-21)29-27(35)30-26(32)23-10-5-6-11-24(23)34-19-16-20-8-3-2-4-9-20/h2-6,8-15H,7,16-19H2,1H3,(H,28,31)(H2,29,30,32,35). The van der Waals surface area contributed by atoms with Crippen LogP contribution in [0.5, 0.6) is 5.75 Å². The molecule has 0 aromatic heterocycles. The number of hydrogen-bond donors (Lipinski definition) is 3. The van der Waals surface area contributed by atoms with Crippen LogP contribution in [0, 0.1) is 0 Å². The van der Waals surface area contributed by atoms with Crippen LogP contribution in [-0.4, -0.2) is 43.8 Å². The van der Waals surface area contributed by atoms with Crippen LogP contribution < -0.4 is 20.7 Å². The lowest BCUT2D eigenvalue weighted by Gasteiger charge is -2.13. The topological polar surface area (TPSA) is 88.7 Å². The molecule has 0 spiro atoms. The maximum atomic E-state index is 12.8. The van der Waals surface area contributed by atoms with Crippen molar-refractivity contribution in [1.82, 2.24) is 10.6 Å². The van der Waals surface area contributed by atoms with Crippen LogP contribution in [0.1, 0.15) is 32.7 Å². The second kappa shape index (κ2) is 13.8. The van der Waals surface area contributed by atoms with Gasteiger partial charge in [-0.2, -0.15) is 0 Å². The molecule has 0 aliphatic rings. The molecule has 3 aromatic rings. The fourth-order valence-corrected chi connectivity index (χ4v) is 3.47. The van der Waals surface area contributed by atoms with E-state index in [9.17, 15) is 9.59 Å². The van der Waals surface area contributed by atoms with Gasteiger partial charge in [-0.3, -0.25) is 14.9 Å². The molecule has 182 valence electrons. The molecule has 0 unspecified atom stereocenters. The van der Waals surface area contributed by atoms with Crippen molar-refractivity contribution in [2.24, 2.45) is 0 Å². The highest BCUT2D eigenvalue weighted by molar-refractivity contribution is 7.80. The molecular formula is C27H29N3O4S. The normalized spacial score (nSPS) is 10.3. The molecule has 0 saturated heterocycles. The van der Waals surface area contributed by atoms with Gasteiger partial charge in [0.1, 0.15) is 5.75 Å². The van der Waals surface area contributed by atoms with E-state index in [4.69, 9.17) is 21.7 Å². The van der Waals surface area contributed by atoms with Gasteiger partial charge >= 0.3 is 0 Å². The summed E-state index contributed by atoms with van der Waals surface area (Å²) in [7, 11) is 1.63. The molecule has 7 nitrogen and oxygen atoms in total. The van der Waals surface area contributed by atoms with Crippen LogP contribution in [0.25, 0.3) is 0 Å². The van der Waals surface area contributed by atoms with E-state index in [1.165, 1.54) is 0 Å². The molecule has 0 atom stereocenters. The number of benzene rings is 3. The average molecular weight is 492 g/mol. The number of para-hydroxylation sites is 1. The van der Waals surface area contributed by atoms with Crippen molar-refractivity contribution in [1.29, 1.82) is 0 Å². The monoisotopic (exact) mass is 491 g/mol. The lowest BCUT2D eigenvalue weighted by atomic mass is 10.1. The van der Waals surface area contributed by atoms with Gasteiger partial charge in [0.05, 0.1) is 12.2 Å². The Morgan fingerprint density at radius 1 is 0.857 bits per heavy atom. The lowest BCUT2D eigenvalue weighted by Crippen LogP contribution is -2.34. The first-order chi connectivity index (χ1) is 17.1. The van der Waals surface area contributed by atoms with Crippen LogP contribution in [0.15, 0.2) is 78.9 Å². The number of hydrogen-bond acceptors (Lipinski definition) is 5. The second-order valence-corrected chi connectivity index (χ2v) is 8.08. The highest BCUT2D eigenvalue weighted by atomic mass is 32.1. The van der Waals surface area contributed by atoms with Crippen LogP contribution in [0.4, 0.5) is 5.69 Å². The zero-order chi connectivity index (χ0) is 24.9. The number of carbonyl (C=O) groups is 2. The second-order valence-electron chi connectivity index (χ2n) is 7.67. The first kappa shape index (κ1) is 25.9. The fourth-order valence-electron chi connectivity index (χ4n) is 3.26. The molecule has 3 rings (SSSR count). The smallest absolute Gasteiger partial charge is 0.261 e. The Balaban J connectivity index is 1.50. The minimum Gasteiger partial charge on any atom is -0.492 e. The maximum Gasteiger partial charge on any atom is 0.261 e. The molecule has 35 heavy (non-hydrogen) atoms. The zero-order valence-electron chi connectivity index (χ0n) is 19.6. The molecule has 8 heteroatoms. The number of anilines is 1. The van der Waals surface area contributed by atoms with Crippen LogP contribution in [-0.2, 0) is 11.2 Å². The van der Waals surface area contributed by atoms with Gasteiger partial charge in [-0.05, 0) is 60.6 Å². The number of methoxy groups -OCH3 is 1. The third-order valence-corrected chi connectivity index (χ3v) is 5.27. The van der Waals surface area contributed by atoms with Crippen molar-refractivity contribution in [3.8, 4) is 5.75 Å². The molecule has 0 radical (unpaired) electrons. The van der Waals surface area contributed by atoms with E-state index in [2.05, 4.69) is 16.0 Å². The Labute approximate surface area is 210 Å². The van der Waals surface area contributed by atoms with E-state index in [1.54, 1.807) is 49.6 Å². The van der Waals surface area contributed by atoms with Crippen LogP contribution >= 0.6 is 12.2 Å². The Morgan fingerprint density at radius 3 is 2.31 bits per heavy atom. The quantitative estimate of drug-likeness (QED) is 0.275. The SMILES string of the molecule is COCCCNC(=O)c1ccc(NC(=S)NC(=O)c2ccccc2OCCc2ccccc2)cc1. The third-order valence-electron chi connectivity index (χ3n) is 5.07. The molecule has 2 amide bonds. The van der Waals surface area contributed by atoms with Gasteiger partial charge in [-0.1, -0.05) is 42.5 Å². The summed E-state index contributed by atoms with van der Waals surface area (Å²) in [6.45, 7) is 1.58. The predicted octanol–water partition coefficient (Wildman–Crippen LogP) is 4.20. The van der Waals surface area contributed by atoms with E-state index in [0.29, 0.717) is 42.3 Å². The maximum absolute atomic E-state index is 12.8. The molecule has 0 fully saturated rings. The van der Waals surface area contributed by atoms with Crippen molar-refractivity contribution < 1.29 is 19.1 Å². The summed E-state index contributed by atoms with van der Waals surface area (Å²) in [4.78, 5) is 25.0. The van der Waals surface area contributed by atoms with Crippen LogP contribution in [0.2, 0.25) is 0 Å². The van der Waals surface area contributed by atoms with Gasteiger partial charge < -0.3 is 20.1 Å². The van der Waals surface area contributed by atoms with Crippen molar-refractivity contribution in [2.75, 3.05) is 32.2 Å². The molecule has 3 aromatic carbocycles. The Bertz CT molecular complexity index is 1120. The van der Waals surface area contributed by atoms with Gasteiger partial charge in [0, 0.05) is 37.9 Å². The fraction of sp³-hybridized carbons (Fsp3) is 0.222. The van der Waals surface area contributed by atoms with Crippen molar-refractivity contribution in [3.05, 3.63) is 95.6 Å². The molecule has 0 aliphatic carbocycles. The van der Waals surface area contributed by atoms with E-state index in [-0.39, 0.29) is 16.9 Å². The van der Waals surface area contributed by atoms with Gasteiger partial charge in [0.25, 0.3) is 11.8 Å². The molecule has 0 heterocycles. The highest BCUT2D eigenvalue weighted by Crippen LogP contribution is 2.18. The number of rotatable bonds is 11. The average Bonchev–Trinajstić information content (AvgIpc) is 2.88. The minimum atomic E-state index is -0.370. The molecular weight excluding hydrogens is 462 g/mol. The summed E-state index contributed by atoms with van der Waals surface area (Å²) in [6, 6.07) is 23.9. The van der Waals surface area contributed by atoms with E-state index >= 15 is 0 Å². The zero-order valence-corrected chi connectivity index (χ0v) is 20.4. The summed E-state index contributed by atoms with van der Waals surface area (Å²) >= 11 is 5.30. The lowest BCUT2D eigenvalue weighted by molar-refractivity contribution is 0.0946. The highest BCUT2D eigenvalue weighted by Gasteiger charge is 2.14. The Morgan fingerprint density at radius 2 is 1.57 bits per heavy atom. The first-order valence-electron chi connectivity index (χ1n) is 11.3. The van der Waals surface area contributed by atoms with Gasteiger partial charge in [-0.15, -0.1) is 0 Å². The van der Waals surface area contributed by atoms with Gasteiger partial charge in [-0.25, -0.2) is 0 Å². The van der Waals surface area contributed by atoms with Crippen LogP contribution in [0.3, 0.4) is 0 Å². The Kier molecular flexibility index (Phi) is 10.2. The largest absolute Gasteiger partial charge is 0.492 e. The number of carbonyl (C=O) groups excluding carboxylic acids is 2. The number of amides is 2. The van der Waals surface area contributed by atoms with Crippen molar-refractivity contribution in [3.63, 3.8) is 0 Å². The third kappa shape index (κ3) is 8.51. The number of thiocarbonyl (C=S) groups is 1. The summed E-state index contributed by atoms with van der Waals surface area (Å²) in [6.07, 6.45) is 1.48. The summed E-state index contributed by atoms with van der Waals surface area (Å²) < 4.78 is 10.8. The van der Waals surface area contributed by atoms with E-state index < -0.39 is 0 Å². The van der Waals surface area contributed by atoms with Crippen molar-refractivity contribution >= 4 is 34.8 Å². The summed E-state index contributed by atoms with van der Waals surface area (Å²) in [5, 5.41) is 8.62. The predicted molar refractivity (Wildman–Crippen MR) is 141 cm³/mol. The summed E-state index contributed by atoms with van der Waals surface area (Å²) in [5.74, 6) is -0.0399. The van der Waals surface area contributed by atoms with Gasteiger partial charge in [0.15, 0.2) is 5.11 Å². The first-order valence-corrected chi connectivity index (χ1v) is 11.7.